The molecule has 1 aliphatic rings. The maximum atomic E-state index is 13.3. The van der Waals surface area contributed by atoms with Crippen molar-refractivity contribution in [2.24, 2.45) is 5.73 Å². The molecule has 0 fully saturated rings. The zero-order valence-electron chi connectivity index (χ0n) is 22.1. The molecule has 8 nitrogen and oxygen atoms in total. The lowest BCUT2D eigenvalue weighted by Crippen LogP contribution is -2.46. The molecule has 4 N–H and O–H groups in total. The second-order valence-electron chi connectivity index (χ2n) is 9.87. The Morgan fingerprint density at radius 2 is 1.85 bits per heavy atom. The predicted octanol–water partition coefficient (Wildman–Crippen LogP) is 4.22. The van der Waals surface area contributed by atoms with Gasteiger partial charge >= 0.3 is 0 Å². The van der Waals surface area contributed by atoms with Crippen molar-refractivity contribution in [3.8, 4) is 5.75 Å². The maximum absolute atomic E-state index is 13.3. The number of halogens is 1. The third-order valence-electron chi connectivity index (χ3n) is 7.13. The average molecular weight is 558 g/mol. The summed E-state index contributed by atoms with van der Waals surface area (Å²) in [5.41, 5.74) is 10.1. The Labute approximate surface area is 238 Å². The summed E-state index contributed by atoms with van der Waals surface area (Å²) < 4.78 is 8.14. The van der Waals surface area contributed by atoms with Crippen LogP contribution in [-0.4, -0.2) is 34.0 Å². The Hall–Kier alpha value is -4.14. The van der Waals surface area contributed by atoms with Gasteiger partial charge in [0, 0.05) is 48.8 Å². The molecule has 2 atom stereocenters. The summed E-state index contributed by atoms with van der Waals surface area (Å²) in [7, 11) is 0. The highest BCUT2D eigenvalue weighted by atomic mass is 35.5. The lowest BCUT2D eigenvalue weighted by atomic mass is 9.96. The van der Waals surface area contributed by atoms with E-state index in [4.69, 9.17) is 22.1 Å². The monoisotopic (exact) mass is 557 g/mol. The van der Waals surface area contributed by atoms with Gasteiger partial charge in [-0.2, -0.15) is 0 Å². The number of aromatic nitrogens is 2. The number of imidazole rings is 1. The number of benzene rings is 3. The van der Waals surface area contributed by atoms with Crippen LogP contribution in [0.4, 0.5) is 0 Å². The van der Waals surface area contributed by atoms with E-state index < -0.39 is 17.9 Å². The van der Waals surface area contributed by atoms with Crippen molar-refractivity contribution in [3.63, 3.8) is 0 Å². The van der Waals surface area contributed by atoms with Crippen LogP contribution in [-0.2, 0) is 30.7 Å². The van der Waals surface area contributed by atoms with Gasteiger partial charge in [0.2, 0.25) is 5.91 Å². The first kappa shape index (κ1) is 27.4. The number of aryl methyl sites for hydroxylation is 2. The van der Waals surface area contributed by atoms with Crippen molar-refractivity contribution in [2.75, 3.05) is 6.61 Å². The second kappa shape index (κ2) is 12.8. The van der Waals surface area contributed by atoms with Crippen molar-refractivity contribution in [2.45, 2.75) is 44.4 Å². The van der Waals surface area contributed by atoms with Gasteiger partial charge in [0.25, 0.3) is 5.91 Å². The lowest BCUT2D eigenvalue weighted by Gasteiger charge is -2.28. The van der Waals surface area contributed by atoms with Gasteiger partial charge in [-0.3, -0.25) is 9.59 Å². The summed E-state index contributed by atoms with van der Waals surface area (Å²) in [4.78, 5) is 29.8. The molecule has 4 aromatic rings. The number of carbonyl (C=O) groups is 2. The van der Waals surface area contributed by atoms with Crippen LogP contribution in [0.1, 0.15) is 45.2 Å². The van der Waals surface area contributed by atoms with Gasteiger partial charge in [-0.25, -0.2) is 4.98 Å². The first-order chi connectivity index (χ1) is 19.5. The largest absolute Gasteiger partial charge is 0.492 e. The minimum absolute atomic E-state index is 0.00465. The van der Waals surface area contributed by atoms with Gasteiger partial charge in [-0.05, 0) is 35.7 Å². The number of rotatable bonds is 11. The molecule has 0 spiro atoms. The number of hydrogen-bond donors (Lipinski definition) is 3. The van der Waals surface area contributed by atoms with Crippen LogP contribution in [0.15, 0.2) is 85.3 Å². The average Bonchev–Trinajstić information content (AvgIpc) is 3.43. The standard InChI is InChI=1S/C31H32ClN5O3/c32-23-11-9-22(10-12-23)17-28(30(33)38)36-31(39)26-8-4-7-25-27(14-16-40-29(25)26)35-19-24-18-34-20-37(24)15-13-21-5-2-1-3-6-21/h1-12,18,20,27-28,35H,13-17,19H2,(H2,33,38)(H,36,39)/t27?,28-/m0/s1. The fraction of sp³-hybridized carbons (Fsp3) is 0.258. The predicted molar refractivity (Wildman–Crippen MR) is 154 cm³/mol. The molecule has 0 radical (unpaired) electrons. The maximum Gasteiger partial charge on any atom is 0.255 e. The fourth-order valence-electron chi connectivity index (χ4n) is 4.95. The molecule has 0 bridgehead atoms. The van der Waals surface area contributed by atoms with Crippen LogP contribution >= 0.6 is 11.6 Å². The quantitative estimate of drug-likeness (QED) is 0.256. The van der Waals surface area contributed by atoms with E-state index in [9.17, 15) is 9.59 Å². The van der Waals surface area contributed by atoms with Gasteiger partial charge in [0.15, 0.2) is 0 Å². The van der Waals surface area contributed by atoms with E-state index in [1.165, 1.54) is 5.56 Å². The number of fused-ring (bicyclic) bond motifs is 1. The number of hydrogen-bond acceptors (Lipinski definition) is 5. The molecule has 2 heterocycles. The summed E-state index contributed by atoms with van der Waals surface area (Å²) in [5, 5.41) is 7.01. The van der Waals surface area contributed by atoms with E-state index in [2.05, 4.69) is 44.5 Å². The molecule has 1 unspecified atom stereocenters. The zero-order chi connectivity index (χ0) is 27.9. The van der Waals surface area contributed by atoms with Gasteiger partial charge < -0.3 is 25.7 Å². The van der Waals surface area contributed by atoms with Gasteiger partial charge in [0.05, 0.1) is 24.2 Å². The van der Waals surface area contributed by atoms with Crippen LogP contribution in [0.5, 0.6) is 5.75 Å². The summed E-state index contributed by atoms with van der Waals surface area (Å²) in [6, 6.07) is 22.1. The third-order valence-corrected chi connectivity index (χ3v) is 7.38. The highest BCUT2D eigenvalue weighted by Gasteiger charge is 2.28. The molecule has 5 rings (SSSR count). The Morgan fingerprint density at radius 3 is 2.62 bits per heavy atom. The highest BCUT2D eigenvalue weighted by molar-refractivity contribution is 6.30. The molecule has 2 amide bonds. The van der Waals surface area contributed by atoms with Crippen LogP contribution in [0.2, 0.25) is 5.02 Å². The molecule has 0 saturated carbocycles. The third kappa shape index (κ3) is 6.70. The van der Waals surface area contributed by atoms with Crippen molar-refractivity contribution < 1.29 is 14.3 Å². The first-order valence-electron chi connectivity index (χ1n) is 13.3. The minimum Gasteiger partial charge on any atom is -0.492 e. The summed E-state index contributed by atoms with van der Waals surface area (Å²) in [6.45, 7) is 1.93. The normalized spacial score (nSPS) is 15.1. The SMILES string of the molecule is NC(=O)[C@H](Cc1ccc(Cl)cc1)NC(=O)c1cccc2c1OCCC2NCc1cncn1CCc1ccccc1. The van der Waals surface area contributed by atoms with Gasteiger partial charge in [-0.15, -0.1) is 0 Å². The molecule has 40 heavy (non-hydrogen) atoms. The van der Waals surface area contributed by atoms with Gasteiger partial charge in [-0.1, -0.05) is 66.2 Å². The Balaban J connectivity index is 1.25. The summed E-state index contributed by atoms with van der Waals surface area (Å²) in [6.07, 6.45) is 5.69. The Morgan fingerprint density at radius 1 is 1.05 bits per heavy atom. The molecule has 1 aliphatic heterocycles. The number of primary amides is 1. The van der Waals surface area contributed by atoms with Crippen LogP contribution < -0.4 is 21.1 Å². The molecule has 9 heteroatoms. The molecule has 206 valence electrons. The van der Waals surface area contributed by atoms with Crippen LogP contribution in [0, 0.1) is 0 Å². The van der Waals surface area contributed by atoms with Crippen molar-refractivity contribution in [3.05, 3.63) is 118 Å². The Bertz CT molecular complexity index is 1460. The number of carbonyl (C=O) groups excluding carboxylic acids is 2. The number of ether oxygens (including phenoxy) is 1. The number of nitrogens with zero attached hydrogens (tertiary/aromatic N) is 2. The number of nitrogens with two attached hydrogens (primary N) is 1. The smallest absolute Gasteiger partial charge is 0.255 e. The van der Waals surface area contributed by atoms with E-state index in [0.29, 0.717) is 29.5 Å². The van der Waals surface area contributed by atoms with Crippen LogP contribution in [0.3, 0.4) is 0 Å². The minimum atomic E-state index is -0.877. The van der Waals surface area contributed by atoms with Crippen molar-refractivity contribution in [1.29, 1.82) is 0 Å². The molecular formula is C31H32ClN5O3. The van der Waals surface area contributed by atoms with E-state index >= 15 is 0 Å². The molecule has 0 saturated heterocycles. The zero-order valence-corrected chi connectivity index (χ0v) is 22.8. The number of amides is 2. The summed E-state index contributed by atoms with van der Waals surface area (Å²) in [5.74, 6) is -0.497. The number of para-hydroxylation sites is 1. The first-order valence-corrected chi connectivity index (χ1v) is 13.7. The van der Waals surface area contributed by atoms with Crippen LogP contribution in [0.25, 0.3) is 0 Å². The molecule has 1 aromatic heterocycles. The lowest BCUT2D eigenvalue weighted by molar-refractivity contribution is -0.119. The van der Waals surface area contributed by atoms with Gasteiger partial charge in [0.1, 0.15) is 11.8 Å². The summed E-state index contributed by atoms with van der Waals surface area (Å²) >= 11 is 5.97. The number of nitrogens with one attached hydrogen (secondary N) is 2. The van der Waals surface area contributed by atoms with E-state index in [1.54, 1.807) is 18.2 Å². The fourth-order valence-corrected chi connectivity index (χ4v) is 5.08. The second-order valence-corrected chi connectivity index (χ2v) is 10.3. The Kier molecular flexibility index (Phi) is 8.78. The highest BCUT2D eigenvalue weighted by Crippen LogP contribution is 2.35. The van der Waals surface area contributed by atoms with E-state index in [0.717, 1.165) is 36.2 Å². The van der Waals surface area contributed by atoms with Crippen molar-refractivity contribution >= 4 is 23.4 Å². The van der Waals surface area contributed by atoms with Crippen molar-refractivity contribution in [1.82, 2.24) is 20.2 Å². The molecule has 3 aromatic carbocycles. The van der Waals surface area contributed by atoms with E-state index in [1.807, 2.05) is 42.9 Å². The topological polar surface area (TPSA) is 111 Å². The molecular weight excluding hydrogens is 526 g/mol. The van der Waals surface area contributed by atoms with E-state index in [-0.39, 0.29) is 12.5 Å². The molecule has 0 aliphatic carbocycles.